The van der Waals surface area contributed by atoms with E-state index in [1.165, 1.54) is 12.1 Å². The van der Waals surface area contributed by atoms with Gasteiger partial charge in [0.1, 0.15) is 0 Å². The van der Waals surface area contributed by atoms with E-state index in [0.717, 1.165) is 25.5 Å². The summed E-state index contributed by atoms with van der Waals surface area (Å²) in [6, 6.07) is 5.37. The summed E-state index contributed by atoms with van der Waals surface area (Å²) in [5.41, 5.74) is -0.602. The van der Waals surface area contributed by atoms with Gasteiger partial charge in [-0.1, -0.05) is 18.2 Å². The Morgan fingerprint density at radius 1 is 1.38 bits per heavy atom. The lowest BCUT2D eigenvalue weighted by molar-refractivity contribution is -0.138. The molecule has 2 N–H and O–H groups in total. The maximum atomic E-state index is 12.9. The lowest BCUT2D eigenvalue weighted by Crippen LogP contribution is -2.46. The summed E-state index contributed by atoms with van der Waals surface area (Å²) in [5.74, 6) is -0.372. The Morgan fingerprint density at radius 3 is 2.76 bits per heavy atom. The van der Waals surface area contributed by atoms with Crippen LogP contribution < -0.4 is 10.6 Å². The lowest BCUT2D eigenvalue weighted by atomic mass is 9.91. The van der Waals surface area contributed by atoms with Crippen LogP contribution in [0.4, 0.5) is 13.2 Å². The number of amides is 1. The molecule has 6 heteroatoms. The second-order valence-corrected chi connectivity index (χ2v) is 5.36. The number of alkyl halides is 3. The van der Waals surface area contributed by atoms with E-state index in [1.54, 1.807) is 6.07 Å². The van der Waals surface area contributed by atoms with Crippen LogP contribution in [-0.4, -0.2) is 18.5 Å². The summed E-state index contributed by atoms with van der Waals surface area (Å²) >= 11 is 0. The molecule has 3 nitrogen and oxygen atoms in total. The fourth-order valence-corrected chi connectivity index (χ4v) is 2.67. The highest BCUT2D eigenvalue weighted by Gasteiger charge is 2.33. The van der Waals surface area contributed by atoms with Crippen LogP contribution in [0.25, 0.3) is 0 Å². The van der Waals surface area contributed by atoms with Gasteiger partial charge in [-0.3, -0.25) is 4.79 Å². The first-order chi connectivity index (χ1) is 9.89. The molecule has 0 spiro atoms. The van der Waals surface area contributed by atoms with Gasteiger partial charge in [-0.2, -0.15) is 13.2 Å². The maximum absolute atomic E-state index is 12.9. The molecular weight excluding hydrogens is 281 g/mol. The number of halogens is 3. The number of nitrogens with one attached hydrogen (secondary N) is 2. The molecule has 0 bridgehead atoms. The molecule has 0 aliphatic carbocycles. The number of hydrogen-bond acceptors (Lipinski definition) is 2. The van der Waals surface area contributed by atoms with Crippen LogP contribution in [0.2, 0.25) is 0 Å². The Morgan fingerprint density at radius 2 is 2.10 bits per heavy atom. The average molecular weight is 300 g/mol. The van der Waals surface area contributed by atoms with Gasteiger partial charge in [-0.15, -0.1) is 0 Å². The Bertz CT molecular complexity index is 502. The number of carbonyl (C=O) groups excluding carboxylic acids is 1. The summed E-state index contributed by atoms with van der Waals surface area (Å²) in [5, 5.41) is 5.84. The second kappa shape index (κ2) is 6.47. The quantitative estimate of drug-likeness (QED) is 0.901. The highest BCUT2D eigenvalue weighted by atomic mass is 19.4. The SMILES string of the molecule is CC1NCCCC1C(=O)NCc1ccccc1C(F)(F)F. The molecule has 1 fully saturated rings. The average Bonchev–Trinajstić information content (AvgIpc) is 2.44. The van der Waals surface area contributed by atoms with E-state index in [0.29, 0.717) is 0 Å². The van der Waals surface area contributed by atoms with Crippen LogP contribution >= 0.6 is 0 Å². The van der Waals surface area contributed by atoms with Crippen LogP contribution in [0.15, 0.2) is 24.3 Å². The van der Waals surface area contributed by atoms with Crippen LogP contribution in [0.5, 0.6) is 0 Å². The predicted octanol–water partition coefficient (Wildman–Crippen LogP) is 2.71. The van der Waals surface area contributed by atoms with Gasteiger partial charge in [-0.05, 0) is 37.9 Å². The van der Waals surface area contributed by atoms with Crippen molar-refractivity contribution in [3.63, 3.8) is 0 Å². The van der Waals surface area contributed by atoms with Gasteiger partial charge in [-0.25, -0.2) is 0 Å². The number of carbonyl (C=O) groups is 1. The molecule has 1 aliphatic rings. The Balaban J connectivity index is 2.01. The zero-order valence-electron chi connectivity index (χ0n) is 11.8. The van der Waals surface area contributed by atoms with Crippen molar-refractivity contribution in [3.8, 4) is 0 Å². The van der Waals surface area contributed by atoms with Crippen molar-refractivity contribution in [2.24, 2.45) is 5.92 Å². The van der Waals surface area contributed by atoms with Gasteiger partial charge in [0.15, 0.2) is 0 Å². The number of piperidine rings is 1. The Hall–Kier alpha value is -1.56. The molecule has 2 atom stereocenters. The predicted molar refractivity (Wildman–Crippen MR) is 73.5 cm³/mol. The monoisotopic (exact) mass is 300 g/mol. The standard InChI is InChI=1S/C15H19F3N2O/c1-10-12(6-4-8-19-10)14(21)20-9-11-5-2-3-7-13(11)15(16,17)18/h2-3,5,7,10,12,19H,4,6,8-9H2,1H3,(H,20,21). The molecule has 2 unspecified atom stereocenters. The van der Waals surface area contributed by atoms with Crippen LogP contribution in [0.1, 0.15) is 30.9 Å². The van der Waals surface area contributed by atoms with Crippen molar-refractivity contribution in [2.75, 3.05) is 6.54 Å². The fraction of sp³-hybridized carbons (Fsp3) is 0.533. The lowest BCUT2D eigenvalue weighted by Gasteiger charge is -2.29. The third kappa shape index (κ3) is 3.97. The summed E-state index contributed by atoms with van der Waals surface area (Å²) in [6.07, 6.45) is -2.73. The van der Waals surface area contributed by atoms with Crippen molar-refractivity contribution in [3.05, 3.63) is 35.4 Å². The summed E-state index contributed by atoms with van der Waals surface area (Å²) in [6.45, 7) is 2.70. The molecule has 1 aromatic rings. The fourth-order valence-electron chi connectivity index (χ4n) is 2.67. The minimum absolute atomic E-state index is 0.0524. The largest absolute Gasteiger partial charge is 0.416 e. The first-order valence-electron chi connectivity index (χ1n) is 7.06. The smallest absolute Gasteiger partial charge is 0.352 e. The van der Waals surface area contributed by atoms with Gasteiger partial charge in [0, 0.05) is 12.6 Å². The highest BCUT2D eigenvalue weighted by molar-refractivity contribution is 5.79. The van der Waals surface area contributed by atoms with Gasteiger partial charge in [0.25, 0.3) is 0 Å². The van der Waals surface area contributed by atoms with E-state index in [-0.39, 0.29) is 30.0 Å². The number of hydrogen-bond donors (Lipinski definition) is 2. The minimum atomic E-state index is -4.40. The van der Waals surface area contributed by atoms with Crippen molar-refractivity contribution in [2.45, 2.75) is 38.5 Å². The molecular formula is C15H19F3N2O. The Kier molecular flexibility index (Phi) is 4.88. The highest BCUT2D eigenvalue weighted by Crippen LogP contribution is 2.31. The van der Waals surface area contributed by atoms with Gasteiger partial charge >= 0.3 is 6.18 Å². The van der Waals surface area contributed by atoms with Gasteiger partial charge in [0.2, 0.25) is 5.91 Å². The molecule has 1 aliphatic heterocycles. The van der Waals surface area contributed by atoms with E-state index in [4.69, 9.17) is 0 Å². The van der Waals surface area contributed by atoms with Crippen molar-refractivity contribution >= 4 is 5.91 Å². The zero-order valence-corrected chi connectivity index (χ0v) is 11.8. The third-order valence-electron chi connectivity index (χ3n) is 3.87. The molecule has 0 aromatic heterocycles. The van der Waals surface area contributed by atoms with Crippen molar-refractivity contribution < 1.29 is 18.0 Å². The summed E-state index contributed by atoms with van der Waals surface area (Å²) in [7, 11) is 0. The first kappa shape index (κ1) is 15.8. The van der Waals surface area contributed by atoms with Crippen LogP contribution in [0, 0.1) is 5.92 Å². The molecule has 1 saturated heterocycles. The second-order valence-electron chi connectivity index (χ2n) is 5.36. The van der Waals surface area contributed by atoms with Gasteiger partial charge in [0.05, 0.1) is 11.5 Å². The van der Waals surface area contributed by atoms with Crippen LogP contribution in [0.3, 0.4) is 0 Å². The molecule has 0 saturated carbocycles. The molecule has 21 heavy (non-hydrogen) atoms. The van der Waals surface area contributed by atoms with E-state index >= 15 is 0 Å². The van der Waals surface area contributed by atoms with E-state index in [9.17, 15) is 18.0 Å². The summed E-state index contributed by atoms with van der Waals surface area (Å²) < 4.78 is 38.6. The topological polar surface area (TPSA) is 41.1 Å². The molecule has 1 aromatic carbocycles. The summed E-state index contributed by atoms with van der Waals surface area (Å²) in [4.78, 5) is 12.1. The molecule has 0 radical (unpaired) electrons. The third-order valence-corrected chi connectivity index (χ3v) is 3.87. The number of rotatable bonds is 3. The molecule has 1 amide bonds. The normalized spacial score (nSPS) is 22.9. The molecule has 2 rings (SSSR count). The van der Waals surface area contributed by atoms with E-state index in [1.807, 2.05) is 6.92 Å². The van der Waals surface area contributed by atoms with E-state index in [2.05, 4.69) is 10.6 Å². The first-order valence-corrected chi connectivity index (χ1v) is 7.06. The number of benzene rings is 1. The maximum Gasteiger partial charge on any atom is 0.416 e. The van der Waals surface area contributed by atoms with Gasteiger partial charge < -0.3 is 10.6 Å². The van der Waals surface area contributed by atoms with E-state index < -0.39 is 11.7 Å². The zero-order chi connectivity index (χ0) is 15.5. The van der Waals surface area contributed by atoms with Crippen molar-refractivity contribution in [1.29, 1.82) is 0 Å². The van der Waals surface area contributed by atoms with Crippen LogP contribution in [-0.2, 0) is 17.5 Å². The Labute approximate surface area is 121 Å². The van der Waals surface area contributed by atoms with Crippen molar-refractivity contribution in [1.82, 2.24) is 10.6 Å². The molecule has 1 heterocycles. The molecule has 116 valence electrons. The minimum Gasteiger partial charge on any atom is -0.352 e.